The van der Waals surface area contributed by atoms with Crippen LogP contribution >= 0.6 is 0 Å². The molecule has 1 aliphatic heterocycles. The third-order valence-electron chi connectivity index (χ3n) is 2.51. The van der Waals surface area contributed by atoms with Crippen LogP contribution in [0, 0.1) is 13.8 Å². The Labute approximate surface area is 77.6 Å². The Morgan fingerprint density at radius 3 is 2.77 bits per heavy atom. The summed E-state index contributed by atoms with van der Waals surface area (Å²) in [4.78, 5) is 0. The van der Waals surface area contributed by atoms with Gasteiger partial charge in [0.25, 0.3) is 0 Å². The van der Waals surface area contributed by atoms with Crippen molar-refractivity contribution in [2.75, 3.05) is 13.1 Å². The number of rotatable bonds is 1. The number of aromatic nitrogens is 2. The van der Waals surface area contributed by atoms with Crippen LogP contribution in [-0.2, 0) is 0 Å². The zero-order valence-electron chi connectivity index (χ0n) is 7.99. The number of hydrogen-bond donors (Lipinski definition) is 2. The smallest absolute Gasteiger partial charge is 0.0917 e. The van der Waals surface area contributed by atoms with Gasteiger partial charge >= 0.3 is 0 Å². The summed E-state index contributed by atoms with van der Waals surface area (Å²) >= 11 is 0. The fourth-order valence-corrected chi connectivity index (χ4v) is 1.88. The first-order valence-corrected chi connectivity index (χ1v) is 4.60. The minimum absolute atomic E-state index is 0.105. The van der Waals surface area contributed by atoms with Gasteiger partial charge in [-0.3, -0.25) is 4.68 Å². The summed E-state index contributed by atoms with van der Waals surface area (Å²) in [6.45, 7) is 5.47. The predicted octanol–water partition coefficient (Wildman–Crippen LogP) is 0.00514. The zero-order chi connectivity index (χ0) is 9.42. The van der Waals surface area contributed by atoms with E-state index in [1.54, 1.807) is 0 Å². The second-order valence-corrected chi connectivity index (χ2v) is 3.66. The van der Waals surface area contributed by atoms with Gasteiger partial charge in [-0.2, -0.15) is 5.10 Å². The summed E-state index contributed by atoms with van der Waals surface area (Å²) in [5.41, 5.74) is 2.13. The van der Waals surface area contributed by atoms with Crippen molar-refractivity contribution < 1.29 is 5.11 Å². The minimum atomic E-state index is -0.307. The first-order chi connectivity index (χ1) is 6.18. The Kier molecular flexibility index (Phi) is 2.09. The van der Waals surface area contributed by atoms with E-state index in [-0.39, 0.29) is 12.1 Å². The lowest BCUT2D eigenvalue weighted by molar-refractivity contribution is 0.143. The molecule has 2 rings (SSSR count). The molecule has 0 aliphatic carbocycles. The molecule has 0 amide bonds. The molecule has 4 nitrogen and oxygen atoms in total. The van der Waals surface area contributed by atoms with Crippen molar-refractivity contribution in [3.63, 3.8) is 0 Å². The predicted molar refractivity (Wildman–Crippen MR) is 49.6 cm³/mol. The molecule has 1 unspecified atom stereocenters. The monoisotopic (exact) mass is 181 g/mol. The van der Waals surface area contributed by atoms with E-state index in [1.165, 1.54) is 0 Å². The van der Waals surface area contributed by atoms with Gasteiger partial charge in [0.05, 0.1) is 17.8 Å². The molecule has 1 saturated heterocycles. The van der Waals surface area contributed by atoms with E-state index < -0.39 is 0 Å². The quantitative estimate of drug-likeness (QED) is 0.641. The van der Waals surface area contributed by atoms with Crippen molar-refractivity contribution in [2.45, 2.75) is 26.0 Å². The molecule has 0 saturated carbocycles. The fourth-order valence-electron chi connectivity index (χ4n) is 1.88. The van der Waals surface area contributed by atoms with E-state index >= 15 is 0 Å². The third-order valence-corrected chi connectivity index (χ3v) is 2.51. The molecule has 2 heterocycles. The molecule has 0 bridgehead atoms. The number of aliphatic hydroxyl groups is 1. The van der Waals surface area contributed by atoms with Crippen LogP contribution in [0.15, 0.2) is 6.07 Å². The van der Waals surface area contributed by atoms with Gasteiger partial charge in [0.15, 0.2) is 0 Å². The summed E-state index contributed by atoms with van der Waals surface area (Å²) < 4.78 is 1.92. The standard InChI is InChI=1S/C9H15N3O/c1-6-3-7(2)12(11-6)8-4-10-5-9(8)13/h3,8-10,13H,4-5H2,1-2H3/t8?,9-/m1/s1. The molecule has 1 aromatic heterocycles. The minimum Gasteiger partial charge on any atom is -0.390 e. The van der Waals surface area contributed by atoms with Crippen molar-refractivity contribution >= 4 is 0 Å². The number of aliphatic hydroxyl groups excluding tert-OH is 1. The molecule has 1 fully saturated rings. The van der Waals surface area contributed by atoms with Crippen LogP contribution in [0.25, 0.3) is 0 Å². The van der Waals surface area contributed by atoms with Crippen molar-refractivity contribution in [3.05, 3.63) is 17.5 Å². The second-order valence-electron chi connectivity index (χ2n) is 3.66. The second kappa shape index (κ2) is 3.12. The highest BCUT2D eigenvalue weighted by atomic mass is 16.3. The average Bonchev–Trinajstić information content (AvgIpc) is 2.58. The van der Waals surface area contributed by atoms with Crippen molar-refractivity contribution in [2.24, 2.45) is 0 Å². The summed E-state index contributed by atoms with van der Waals surface area (Å²) in [6, 6.07) is 2.14. The van der Waals surface area contributed by atoms with Gasteiger partial charge in [0.2, 0.25) is 0 Å². The Morgan fingerprint density at radius 2 is 2.31 bits per heavy atom. The Morgan fingerprint density at radius 1 is 1.54 bits per heavy atom. The third kappa shape index (κ3) is 1.47. The van der Waals surface area contributed by atoms with E-state index in [0.717, 1.165) is 17.9 Å². The van der Waals surface area contributed by atoms with Crippen LogP contribution in [-0.4, -0.2) is 34.1 Å². The highest BCUT2D eigenvalue weighted by Gasteiger charge is 2.27. The molecule has 1 aromatic rings. The van der Waals surface area contributed by atoms with Crippen LogP contribution in [0.4, 0.5) is 0 Å². The van der Waals surface area contributed by atoms with E-state index in [0.29, 0.717) is 6.54 Å². The van der Waals surface area contributed by atoms with Crippen LogP contribution in [0.1, 0.15) is 17.4 Å². The lowest BCUT2D eigenvalue weighted by Crippen LogP contribution is -2.23. The normalized spacial score (nSPS) is 28.2. The number of aryl methyl sites for hydroxylation is 2. The van der Waals surface area contributed by atoms with Crippen LogP contribution in [0.2, 0.25) is 0 Å². The number of nitrogens with zero attached hydrogens (tertiary/aromatic N) is 2. The van der Waals surface area contributed by atoms with Crippen molar-refractivity contribution in [3.8, 4) is 0 Å². The molecule has 0 radical (unpaired) electrons. The molecule has 72 valence electrons. The zero-order valence-corrected chi connectivity index (χ0v) is 7.99. The largest absolute Gasteiger partial charge is 0.390 e. The fraction of sp³-hybridized carbons (Fsp3) is 0.667. The summed E-state index contributed by atoms with van der Waals surface area (Å²) in [5.74, 6) is 0. The highest BCUT2D eigenvalue weighted by molar-refractivity contribution is 5.09. The van der Waals surface area contributed by atoms with Crippen LogP contribution in [0.5, 0.6) is 0 Å². The summed E-state index contributed by atoms with van der Waals surface area (Å²) in [7, 11) is 0. The summed E-state index contributed by atoms with van der Waals surface area (Å²) in [5, 5.41) is 17.2. The molecule has 4 heteroatoms. The van der Waals surface area contributed by atoms with Crippen molar-refractivity contribution in [1.82, 2.24) is 15.1 Å². The van der Waals surface area contributed by atoms with Gasteiger partial charge in [-0.15, -0.1) is 0 Å². The molecular weight excluding hydrogens is 166 g/mol. The van der Waals surface area contributed by atoms with Gasteiger partial charge in [-0.05, 0) is 19.9 Å². The van der Waals surface area contributed by atoms with E-state index in [4.69, 9.17) is 0 Å². The molecule has 0 spiro atoms. The topological polar surface area (TPSA) is 50.1 Å². The van der Waals surface area contributed by atoms with Crippen LogP contribution < -0.4 is 5.32 Å². The lowest BCUT2D eigenvalue weighted by Gasteiger charge is -2.15. The Balaban J connectivity index is 2.28. The first-order valence-electron chi connectivity index (χ1n) is 4.60. The van der Waals surface area contributed by atoms with Gasteiger partial charge in [-0.1, -0.05) is 0 Å². The van der Waals surface area contributed by atoms with E-state index in [2.05, 4.69) is 10.4 Å². The Hall–Kier alpha value is -0.870. The average molecular weight is 181 g/mol. The van der Waals surface area contributed by atoms with Gasteiger partial charge in [0.1, 0.15) is 0 Å². The number of β-amino-alcohol motifs (C(OH)–C–C–N with tert-alkyl or cyclic N) is 1. The van der Waals surface area contributed by atoms with E-state index in [1.807, 2.05) is 24.6 Å². The molecule has 2 atom stereocenters. The van der Waals surface area contributed by atoms with Crippen molar-refractivity contribution in [1.29, 1.82) is 0 Å². The molecule has 2 N–H and O–H groups in total. The van der Waals surface area contributed by atoms with E-state index in [9.17, 15) is 5.11 Å². The maximum atomic E-state index is 9.65. The number of nitrogens with one attached hydrogen (secondary N) is 1. The van der Waals surface area contributed by atoms with Gasteiger partial charge in [-0.25, -0.2) is 0 Å². The van der Waals surface area contributed by atoms with Gasteiger partial charge < -0.3 is 10.4 Å². The van der Waals surface area contributed by atoms with Crippen LogP contribution in [0.3, 0.4) is 0 Å². The molecule has 13 heavy (non-hydrogen) atoms. The maximum Gasteiger partial charge on any atom is 0.0917 e. The molecule has 1 aliphatic rings. The first kappa shape index (κ1) is 8.72. The highest BCUT2D eigenvalue weighted by Crippen LogP contribution is 2.17. The SMILES string of the molecule is Cc1cc(C)n(C2CNC[C@H]2O)n1. The molecular formula is C9H15N3O. The maximum absolute atomic E-state index is 9.65. The lowest BCUT2D eigenvalue weighted by atomic mass is 10.2. The molecule has 0 aromatic carbocycles. The van der Waals surface area contributed by atoms with Gasteiger partial charge in [0, 0.05) is 18.8 Å². The number of hydrogen-bond acceptors (Lipinski definition) is 3. The Bertz CT molecular complexity index is 308. The summed E-state index contributed by atoms with van der Waals surface area (Å²) in [6.07, 6.45) is -0.307.